The Hall–Kier alpha value is -2.76. The minimum absolute atomic E-state index is 0.0623. The molecule has 26 heavy (non-hydrogen) atoms. The predicted molar refractivity (Wildman–Crippen MR) is 101 cm³/mol. The molecule has 0 aliphatic carbocycles. The van der Waals surface area contributed by atoms with E-state index < -0.39 is 0 Å². The van der Waals surface area contributed by atoms with E-state index >= 15 is 0 Å². The van der Waals surface area contributed by atoms with Gasteiger partial charge in [-0.25, -0.2) is 4.39 Å². The van der Waals surface area contributed by atoms with E-state index in [9.17, 15) is 9.18 Å². The zero-order chi connectivity index (χ0) is 18.5. The third-order valence-corrected chi connectivity index (χ3v) is 4.61. The Kier molecular flexibility index (Phi) is 5.61. The number of anilines is 2. The number of piperazine rings is 1. The molecule has 0 bridgehead atoms. The van der Waals surface area contributed by atoms with Crippen LogP contribution in [-0.2, 0) is 4.79 Å². The Morgan fingerprint density at radius 1 is 1.12 bits per heavy atom. The van der Waals surface area contributed by atoms with Crippen LogP contribution in [0.4, 0.5) is 15.8 Å². The summed E-state index contributed by atoms with van der Waals surface area (Å²) >= 11 is 0. The molecular weight excluding hydrogens is 333 g/mol. The molecular formula is C20H24FN3O2. The lowest BCUT2D eigenvalue weighted by atomic mass is 10.2. The summed E-state index contributed by atoms with van der Waals surface area (Å²) in [5, 5.41) is 3.18. The van der Waals surface area contributed by atoms with Crippen LogP contribution >= 0.6 is 0 Å². The van der Waals surface area contributed by atoms with Crippen molar-refractivity contribution in [3.8, 4) is 5.75 Å². The molecule has 1 amide bonds. The summed E-state index contributed by atoms with van der Waals surface area (Å²) < 4.78 is 18.4. The average molecular weight is 357 g/mol. The van der Waals surface area contributed by atoms with Gasteiger partial charge < -0.3 is 19.9 Å². The zero-order valence-corrected chi connectivity index (χ0v) is 15.2. The molecule has 0 unspecified atom stereocenters. The fraction of sp³-hybridized carbons (Fsp3) is 0.350. The van der Waals surface area contributed by atoms with Gasteiger partial charge in [-0.15, -0.1) is 0 Å². The van der Waals surface area contributed by atoms with Crippen molar-refractivity contribution in [2.75, 3.05) is 50.1 Å². The summed E-state index contributed by atoms with van der Waals surface area (Å²) in [6, 6.07) is 12.3. The van der Waals surface area contributed by atoms with Crippen LogP contribution in [-0.4, -0.2) is 50.6 Å². The summed E-state index contributed by atoms with van der Waals surface area (Å²) in [7, 11) is 1.62. The molecule has 6 heteroatoms. The second kappa shape index (κ2) is 8.08. The second-order valence-corrected chi connectivity index (χ2v) is 6.40. The molecule has 5 nitrogen and oxygen atoms in total. The number of nitrogens with one attached hydrogen (secondary N) is 1. The van der Waals surface area contributed by atoms with Gasteiger partial charge in [0.15, 0.2) is 0 Å². The first-order chi connectivity index (χ1) is 12.6. The Balaban J connectivity index is 1.52. The molecule has 1 N–H and O–H groups in total. The van der Waals surface area contributed by atoms with E-state index in [1.807, 2.05) is 30.0 Å². The number of halogens is 1. The van der Waals surface area contributed by atoms with Crippen LogP contribution in [0, 0.1) is 12.7 Å². The summed E-state index contributed by atoms with van der Waals surface area (Å²) in [5.74, 6) is 0.553. The fourth-order valence-corrected chi connectivity index (χ4v) is 3.11. The first-order valence-electron chi connectivity index (χ1n) is 8.73. The Labute approximate surface area is 153 Å². The van der Waals surface area contributed by atoms with E-state index in [4.69, 9.17) is 4.74 Å². The third-order valence-electron chi connectivity index (χ3n) is 4.61. The monoisotopic (exact) mass is 357 g/mol. The van der Waals surface area contributed by atoms with Crippen LogP contribution < -0.4 is 15.0 Å². The molecule has 1 heterocycles. The highest BCUT2D eigenvalue weighted by Gasteiger charge is 2.21. The van der Waals surface area contributed by atoms with Gasteiger partial charge in [0.2, 0.25) is 5.91 Å². The molecule has 1 saturated heterocycles. The lowest BCUT2D eigenvalue weighted by Gasteiger charge is -2.36. The fourth-order valence-electron chi connectivity index (χ4n) is 3.11. The molecule has 0 aromatic heterocycles. The lowest BCUT2D eigenvalue weighted by molar-refractivity contribution is -0.129. The number of benzene rings is 2. The Morgan fingerprint density at radius 2 is 1.81 bits per heavy atom. The molecule has 1 fully saturated rings. The minimum Gasteiger partial charge on any atom is -0.495 e. The molecule has 0 atom stereocenters. The van der Waals surface area contributed by atoms with Gasteiger partial charge in [-0.1, -0.05) is 6.07 Å². The quantitative estimate of drug-likeness (QED) is 0.894. The first kappa shape index (κ1) is 18.0. The van der Waals surface area contributed by atoms with E-state index in [1.54, 1.807) is 19.2 Å². The Morgan fingerprint density at radius 3 is 2.46 bits per heavy atom. The van der Waals surface area contributed by atoms with Gasteiger partial charge in [-0.2, -0.15) is 0 Å². The molecule has 2 aromatic carbocycles. The van der Waals surface area contributed by atoms with Gasteiger partial charge in [0.1, 0.15) is 11.6 Å². The molecule has 0 spiro atoms. The van der Waals surface area contributed by atoms with Crippen molar-refractivity contribution in [2.24, 2.45) is 0 Å². The normalized spacial score (nSPS) is 14.3. The van der Waals surface area contributed by atoms with Gasteiger partial charge in [0.05, 0.1) is 19.3 Å². The second-order valence-electron chi connectivity index (χ2n) is 6.40. The number of methoxy groups -OCH3 is 1. The van der Waals surface area contributed by atoms with Crippen molar-refractivity contribution >= 4 is 17.3 Å². The maximum absolute atomic E-state index is 13.0. The van der Waals surface area contributed by atoms with Crippen LogP contribution in [0.15, 0.2) is 42.5 Å². The van der Waals surface area contributed by atoms with E-state index in [0.29, 0.717) is 13.1 Å². The molecule has 0 saturated carbocycles. The van der Waals surface area contributed by atoms with E-state index in [2.05, 4.69) is 10.2 Å². The average Bonchev–Trinajstić information content (AvgIpc) is 2.67. The van der Waals surface area contributed by atoms with Crippen LogP contribution in [0.2, 0.25) is 0 Å². The number of nitrogens with zero attached hydrogens (tertiary/aromatic N) is 2. The van der Waals surface area contributed by atoms with Crippen molar-refractivity contribution in [2.45, 2.75) is 6.92 Å². The summed E-state index contributed by atoms with van der Waals surface area (Å²) in [6.07, 6.45) is 0. The molecule has 1 aliphatic heterocycles. The molecule has 1 aliphatic rings. The number of hydrogen-bond donors (Lipinski definition) is 1. The van der Waals surface area contributed by atoms with Crippen molar-refractivity contribution in [3.05, 3.63) is 53.8 Å². The zero-order valence-electron chi connectivity index (χ0n) is 15.2. The van der Waals surface area contributed by atoms with E-state index in [0.717, 1.165) is 35.8 Å². The van der Waals surface area contributed by atoms with Crippen molar-refractivity contribution in [3.63, 3.8) is 0 Å². The maximum atomic E-state index is 13.0. The molecule has 2 aromatic rings. The van der Waals surface area contributed by atoms with Crippen molar-refractivity contribution < 1.29 is 13.9 Å². The number of carbonyl (C=O) groups excluding carboxylic acids is 1. The number of amides is 1. The highest BCUT2D eigenvalue weighted by Crippen LogP contribution is 2.25. The lowest BCUT2D eigenvalue weighted by Crippen LogP contribution is -2.50. The molecule has 0 radical (unpaired) electrons. The van der Waals surface area contributed by atoms with E-state index in [1.165, 1.54) is 12.1 Å². The largest absolute Gasteiger partial charge is 0.495 e. The van der Waals surface area contributed by atoms with Crippen molar-refractivity contribution in [1.82, 2.24) is 4.90 Å². The highest BCUT2D eigenvalue weighted by molar-refractivity contribution is 5.81. The van der Waals surface area contributed by atoms with Crippen LogP contribution in [0.3, 0.4) is 0 Å². The van der Waals surface area contributed by atoms with Gasteiger partial charge in [-0.05, 0) is 48.9 Å². The third kappa shape index (κ3) is 4.25. The topological polar surface area (TPSA) is 44.8 Å². The number of aryl methyl sites for hydroxylation is 1. The summed E-state index contributed by atoms with van der Waals surface area (Å²) in [5.41, 5.74) is 2.92. The molecule has 138 valence electrons. The number of carbonyl (C=O) groups is 1. The Bertz CT molecular complexity index is 756. The van der Waals surface area contributed by atoms with Gasteiger partial charge >= 0.3 is 0 Å². The maximum Gasteiger partial charge on any atom is 0.241 e. The van der Waals surface area contributed by atoms with Crippen LogP contribution in [0.25, 0.3) is 0 Å². The first-order valence-corrected chi connectivity index (χ1v) is 8.73. The smallest absolute Gasteiger partial charge is 0.241 e. The number of ether oxygens (including phenoxy) is 1. The van der Waals surface area contributed by atoms with Gasteiger partial charge in [0.25, 0.3) is 0 Å². The van der Waals surface area contributed by atoms with Crippen LogP contribution in [0.1, 0.15) is 5.56 Å². The summed E-state index contributed by atoms with van der Waals surface area (Å²) in [4.78, 5) is 16.5. The van der Waals surface area contributed by atoms with Crippen LogP contribution in [0.5, 0.6) is 5.75 Å². The summed E-state index contributed by atoms with van der Waals surface area (Å²) in [6.45, 7) is 5.03. The predicted octanol–water partition coefficient (Wildman–Crippen LogP) is 2.90. The molecule has 3 rings (SSSR count). The number of hydrogen-bond acceptors (Lipinski definition) is 4. The minimum atomic E-state index is -0.236. The van der Waals surface area contributed by atoms with Gasteiger partial charge in [0, 0.05) is 31.9 Å². The van der Waals surface area contributed by atoms with Gasteiger partial charge in [-0.3, -0.25) is 4.79 Å². The highest BCUT2D eigenvalue weighted by atomic mass is 19.1. The van der Waals surface area contributed by atoms with E-state index in [-0.39, 0.29) is 18.3 Å². The standard InChI is InChI=1S/C20H24FN3O2/c1-15-3-8-19(26-2)18(13-15)22-14-20(25)24-11-9-23(10-12-24)17-6-4-16(21)5-7-17/h3-8,13,22H,9-12,14H2,1-2H3. The SMILES string of the molecule is COc1ccc(C)cc1NCC(=O)N1CCN(c2ccc(F)cc2)CC1. The van der Waals surface area contributed by atoms with Crippen molar-refractivity contribution in [1.29, 1.82) is 0 Å². The number of rotatable bonds is 5.